The molecular formula is C10H16. The molecule has 0 aromatic carbocycles. The van der Waals surface area contributed by atoms with Crippen LogP contribution in [0.3, 0.4) is 0 Å². The molecule has 0 aliphatic heterocycles. The van der Waals surface area contributed by atoms with Crippen LogP contribution < -0.4 is 0 Å². The predicted molar refractivity (Wildman–Crippen MR) is 43.8 cm³/mol. The topological polar surface area (TPSA) is 0 Å². The van der Waals surface area contributed by atoms with Crippen molar-refractivity contribution in [2.45, 2.75) is 39.0 Å². The lowest BCUT2D eigenvalue weighted by Gasteiger charge is -2.26. The van der Waals surface area contributed by atoms with Gasteiger partial charge in [0.1, 0.15) is 0 Å². The van der Waals surface area contributed by atoms with Crippen LogP contribution in [0.4, 0.5) is 0 Å². The molecule has 0 heterocycles. The molecule has 2 fully saturated rings. The van der Waals surface area contributed by atoms with Crippen LogP contribution in [-0.4, -0.2) is 0 Å². The van der Waals surface area contributed by atoms with Crippen molar-refractivity contribution in [3.8, 4) is 0 Å². The maximum Gasteiger partial charge on any atom is -0.00907 e. The Bertz CT molecular complexity index is 159. The average molecular weight is 136 g/mol. The van der Waals surface area contributed by atoms with Crippen molar-refractivity contribution in [3.63, 3.8) is 0 Å². The van der Waals surface area contributed by atoms with E-state index < -0.39 is 0 Å². The van der Waals surface area contributed by atoms with E-state index in [1.165, 1.54) is 37.7 Å². The molecule has 0 heteroatoms. The lowest BCUT2D eigenvalue weighted by atomic mass is 9.79. The minimum Gasteiger partial charge on any atom is -0.0996 e. The van der Waals surface area contributed by atoms with Crippen LogP contribution >= 0.6 is 0 Å². The molecule has 2 saturated carbocycles. The van der Waals surface area contributed by atoms with E-state index in [0.717, 1.165) is 5.92 Å². The van der Waals surface area contributed by atoms with Crippen LogP contribution in [0, 0.1) is 11.3 Å². The fourth-order valence-corrected chi connectivity index (χ4v) is 2.79. The van der Waals surface area contributed by atoms with Crippen molar-refractivity contribution >= 4 is 0 Å². The number of rotatable bonds is 1. The van der Waals surface area contributed by atoms with E-state index in [9.17, 15) is 0 Å². The van der Waals surface area contributed by atoms with Crippen LogP contribution in [-0.2, 0) is 0 Å². The largest absolute Gasteiger partial charge is 0.0996 e. The molecule has 2 aliphatic carbocycles. The van der Waals surface area contributed by atoms with Gasteiger partial charge in [0, 0.05) is 0 Å². The maximum atomic E-state index is 4.11. The van der Waals surface area contributed by atoms with Crippen LogP contribution in [0.25, 0.3) is 0 Å². The van der Waals surface area contributed by atoms with Crippen molar-refractivity contribution < 1.29 is 0 Å². The summed E-state index contributed by atoms with van der Waals surface area (Å²) < 4.78 is 0. The highest BCUT2D eigenvalue weighted by Gasteiger charge is 2.44. The van der Waals surface area contributed by atoms with Gasteiger partial charge in [-0.15, -0.1) is 0 Å². The molecule has 2 aliphatic rings. The van der Waals surface area contributed by atoms with Crippen LogP contribution in [0.15, 0.2) is 12.2 Å². The Morgan fingerprint density at radius 1 is 1.40 bits per heavy atom. The van der Waals surface area contributed by atoms with E-state index >= 15 is 0 Å². The lowest BCUT2D eigenvalue weighted by Crippen LogP contribution is -2.14. The Morgan fingerprint density at radius 2 is 2.00 bits per heavy atom. The van der Waals surface area contributed by atoms with Gasteiger partial charge in [-0.1, -0.05) is 12.2 Å². The summed E-state index contributed by atoms with van der Waals surface area (Å²) in [5, 5.41) is 0. The van der Waals surface area contributed by atoms with Gasteiger partial charge in [-0.25, -0.2) is 0 Å². The third-order valence-electron chi connectivity index (χ3n) is 3.65. The average Bonchev–Trinajstić information content (AvgIpc) is 2.45. The molecule has 0 saturated heterocycles. The summed E-state index contributed by atoms with van der Waals surface area (Å²) in [5.74, 6) is 1.07. The predicted octanol–water partition coefficient (Wildman–Crippen LogP) is 3.14. The fourth-order valence-electron chi connectivity index (χ4n) is 2.79. The van der Waals surface area contributed by atoms with Crippen molar-refractivity contribution in [2.24, 2.45) is 11.3 Å². The summed E-state index contributed by atoms with van der Waals surface area (Å²) in [7, 11) is 0. The third-order valence-corrected chi connectivity index (χ3v) is 3.65. The summed E-state index contributed by atoms with van der Waals surface area (Å²) in [6.07, 6.45) is 7.29. The SMILES string of the molecule is C=C(C)C12CCC(CC1)C2. The molecule has 0 aromatic heterocycles. The van der Waals surface area contributed by atoms with Crippen molar-refractivity contribution in [3.05, 3.63) is 12.2 Å². The molecule has 2 bridgehead atoms. The molecule has 56 valence electrons. The molecule has 0 spiro atoms. The van der Waals surface area contributed by atoms with Gasteiger partial charge in [-0.2, -0.15) is 0 Å². The smallest absolute Gasteiger partial charge is 0.00907 e. The standard InChI is InChI=1S/C10H16/c1-8(2)10-5-3-9(7-10)4-6-10/h9H,1,3-7H2,2H3. The van der Waals surface area contributed by atoms with Gasteiger partial charge in [-0.05, 0) is 50.4 Å². The third kappa shape index (κ3) is 0.680. The Kier molecular flexibility index (Phi) is 1.21. The molecule has 0 radical (unpaired) electrons. The molecule has 0 unspecified atom stereocenters. The van der Waals surface area contributed by atoms with E-state index in [1.807, 2.05) is 0 Å². The summed E-state index contributed by atoms with van der Waals surface area (Å²) in [5.41, 5.74) is 2.07. The Morgan fingerprint density at radius 3 is 2.20 bits per heavy atom. The highest BCUT2D eigenvalue weighted by Crippen LogP contribution is 2.57. The maximum absolute atomic E-state index is 4.11. The zero-order valence-electron chi connectivity index (χ0n) is 6.82. The Labute approximate surface area is 63.3 Å². The minimum atomic E-state index is 0.616. The van der Waals surface area contributed by atoms with E-state index in [2.05, 4.69) is 13.5 Å². The summed E-state index contributed by atoms with van der Waals surface area (Å²) in [4.78, 5) is 0. The van der Waals surface area contributed by atoms with E-state index in [-0.39, 0.29) is 0 Å². The molecule has 0 aromatic rings. The normalized spacial score (nSPS) is 44.3. The first kappa shape index (κ1) is 6.45. The van der Waals surface area contributed by atoms with E-state index in [1.54, 1.807) is 0 Å². The van der Waals surface area contributed by atoms with Crippen LogP contribution in [0.1, 0.15) is 39.0 Å². The van der Waals surface area contributed by atoms with Crippen molar-refractivity contribution in [2.75, 3.05) is 0 Å². The quantitative estimate of drug-likeness (QED) is 0.486. The number of fused-ring (bicyclic) bond motifs is 2. The molecule has 0 amide bonds. The fraction of sp³-hybridized carbons (Fsp3) is 0.800. The number of allylic oxidation sites excluding steroid dienone is 1. The second-order valence-corrected chi connectivity index (χ2v) is 4.21. The van der Waals surface area contributed by atoms with Crippen molar-refractivity contribution in [1.82, 2.24) is 0 Å². The molecule has 0 nitrogen and oxygen atoms in total. The molecule has 2 rings (SSSR count). The number of hydrogen-bond acceptors (Lipinski definition) is 0. The molecule has 10 heavy (non-hydrogen) atoms. The highest BCUT2D eigenvalue weighted by molar-refractivity contribution is 5.14. The second-order valence-electron chi connectivity index (χ2n) is 4.21. The van der Waals surface area contributed by atoms with Crippen molar-refractivity contribution in [1.29, 1.82) is 0 Å². The monoisotopic (exact) mass is 136 g/mol. The van der Waals surface area contributed by atoms with Crippen LogP contribution in [0.5, 0.6) is 0 Å². The summed E-state index contributed by atoms with van der Waals surface area (Å²) >= 11 is 0. The lowest BCUT2D eigenvalue weighted by molar-refractivity contribution is 0.360. The van der Waals surface area contributed by atoms with Crippen LogP contribution in [0.2, 0.25) is 0 Å². The zero-order valence-corrected chi connectivity index (χ0v) is 6.82. The van der Waals surface area contributed by atoms with Gasteiger partial charge < -0.3 is 0 Å². The zero-order chi connectivity index (χ0) is 7.19. The second kappa shape index (κ2) is 1.87. The minimum absolute atomic E-state index is 0.616. The van der Waals surface area contributed by atoms with Gasteiger partial charge in [0.2, 0.25) is 0 Å². The van der Waals surface area contributed by atoms with Gasteiger partial charge >= 0.3 is 0 Å². The Hall–Kier alpha value is -0.260. The van der Waals surface area contributed by atoms with Gasteiger partial charge in [-0.3, -0.25) is 0 Å². The summed E-state index contributed by atoms with van der Waals surface area (Å²) in [6, 6.07) is 0. The first-order chi connectivity index (χ1) is 4.73. The molecule has 0 atom stereocenters. The van der Waals surface area contributed by atoms with Gasteiger partial charge in [0.15, 0.2) is 0 Å². The Balaban J connectivity index is 2.23. The summed E-state index contributed by atoms with van der Waals surface area (Å²) in [6.45, 7) is 6.32. The number of hydrogen-bond donors (Lipinski definition) is 0. The first-order valence-electron chi connectivity index (χ1n) is 4.39. The highest BCUT2D eigenvalue weighted by atomic mass is 14.5. The molecule has 0 N–H and O–H groups in total. The molecular weight excluding hydrogens is 120 g/mol. The van der Waals surface area contributed by atoms with Gasteiger partial charge in [0.25, 0.3) is 0 Å². The van der Waals surface area contributed by atoms with Gasteiger partial charge in [0.05, 0.1) is 0 Å². The van der Waals surface area contributed by atoms with E-state index in [4.69, 9.17) is 0 Å². The van der Waals surface area contributed by atoms with E-state index in [0.29, 0.717) is 5.41 Å². The first-order valence-corrected chi connectivity index (χ1v) is 4.39.